The standard InChI is InChI=1S/C22H18ClF3N2O/c1-13-2-3-14(22(29)27-9-8-24)10-18(13)17-6-5-16(12-19(17)23)28-21-7-4-15(25)11-20(21)26/h2-7,10-12,28H,8-9H2,1H3,(H,27,29). The number of hydrogen-bond donors (Lipinski definition) is 2. The van der Waals surface area contributed by atoms with Crippen molar-refractivity contribution in [1.29, 1.82) is 0 Å². The maximum Gasteiger partial charge on any atom is 0.251 e. The molecule has 0 spiro atoms. The Labute approximate surface area is 171 Å². The molecule has 0 aliphatic rings. The molecule has 0 heterocycles. The minimum atomic E-state index is -0.715. The van der Waals surface area contributed by atoms with E-state index < -0.39 is 18.3 Å². The lowest BCUT2D eigenvalue weighted by Crippen LogP contribution is -2.25. The van der Waals surface area contributed by atoms with Gasteiger partial charge >= 0.3 is 0 Å². The van der Waals surface area contributed by atoms with Crippen molar-refractivity contribution in [3.8, 4) is 11.1 Å². The zero-order valence-electron chi connectivity index (χ0n) is 15.5. The van der Waals surface area contributed by atoms with Crippen LogP contribution in [0.15, 0.2) is 54.6 Å². The van der Waals surface area contributed by atoms with E-state index in [9.17, 15) is 18.0 Å². The van der Waals surface area contributed by atoms with Gasteiger partial charge in [0, 0.05) is 29.4 Å². The van der Waals surface area contributed by atoms with Gasteiger partial charge in [0.1, 0.15) is 18.3 Å². The summed E-state index contributed by atoms with van der Waals surface area (Å²) in [7, 11) is 0. The van der Waals surface area contributed by atoms with E-state index in [0.717, 1.165) is 23.3 Å². The van der Waals surface area contributed by atoms with E-state index in [1.807, 2.05) is 6.92 Å². The van der Waals surface area contributed by atoms with Crippen molar-refractivity contribution < 1.29 is 18.0 Å². The summed E-state index contributed by atoms with van der Waals surface area (Å²) in [6.07, 6.45) is 0. The van der Waals surface area contributed by atoms with Crippen molar-refractivity contribution in [1.82, 2.24) is 5.32 Å². The first kappa shape index (κ1) is 20.7. The second-order valence-electron chi connectivity index (χ2n) is 6.42. The zero-order chi connectivity index (χ0) is 21.0. The minimum Gasteiger partial charge on any atom is -0.353 e. The van der Waals surface area contributed by atoms with Gasteiger partial charge < -0.3 is 10.6 Å². The SMILES string of the molecule is Cc1ccc(C(=O)NCCF)cc1-c1ccc(Nc2ccc(F)cc2F)cc1Cl. The molecule has 2 N–H and O–H groups in total. The Morgan fingerprint density at radius 1 is 1.00 bits per heavy atom. The highest BCUT2D eigenvalue weighted by molar-refractivity contribution is 6.33. The molecule has 3 aromatic carbocycles. The van der Waals surface area contributed by atoms with Gasteiger partial charge in [-0.25, -0.2) is 13.2 Å². The van der Waals surface area contributed by atoms with Gasteiger partial charge in [0.05, 0.1) is 10.7 Å². The van der Waals surface area contributed by atoms with Crippen molar-refractivity contribution in [3.63, 3.8) is 0 Å². The number of alkyl halides is 1. The van der Waals surface area contributed by atoms with Gasteiger partial charge in [-0.2, -0.15) is 0 Å². The van der Waals surface area contributed by atoms with E-state index in [-0.39, 0.29) is 18.1 Å². The third kappa shape index (κ3) is 4.90. The van der Waals surface area contributed by atoms with E-state index in [1.54, 1.807) is 36.4 Å². The van der Waals surface area contributed by atoms with Crippen molar-refractivity contribution in [2.75, 3.05) is 18.5 Å². The molecule has 150 valence electrons. The van der Waals surface area contributed by atoms with Crippen molar-refractivity contribution in [2.24, 2.45) is 0 Å². The van der Waals surface area contributed by atoms with E-state index in [4.69, 9.17) is 11.6 Å². The van der Waals surface area contributed by atoms with E-state index in [0.29, 0.717) is 21.8 Å². The fourth-order valence-electron chi connectivity index (χ4n) is 2.87. The van der Waals surface area contributed by atoms with E-state index in [2.05, 4.69) is 10.6 Å². The van der Waals surface area contributed by atoms with Gasteiger partial charge in [-0.1, -0.05) is 23.7 Å². The topological polar surface area (TPSA) is 41.1 Å². The molecule has 3 aromatic rings. The molecule has 0 saturated heterocycles. The molecule has 0 atom stereocenters. The summed E-state index contributed by atoms with van der Waals surface area (Å²) in [5, 5.41) is 5.74. The number of carbonyl (C=O) groups excluding carboxylic acids is 1. The molecule has 1 amide bonds. The Balaban J connectivity index is 1.89. The molecule has 0 fully saturated rings. The first-order valence-corrected chi connectivity index (χ1v) is 9.23. The lowest BCUT2D eigenvalue weighted by atomic mass is 9.97. The van der Waals surface area contributed by atoms with Crippen molar-refractivity contribution in [3.05, 3.63) is 82.4 Å². The summed E-state index contributed by atoms with van der Waals surface area (Å²) in [6, 6.07) is 13.5. The number of halogens is 4. The van der Waals surface area contributed by atoms with Crippen LogP contribution in [0, 0.1) is 18.6 Å². The number of nitrogens with one attached hydrogen (secondary N) is 2. The van der Waals surface area contributed by atoms with E-state index >= 15 is 0 Å². The highest BCUT2D eigenvalue weighted by atomic mass is 35.5. The Kier molecular flexibility index (Phi) is 6.44. The Morgan fingerprint density at radius 3 is 2.48 bits per heavy atom. The summed E-state index contributed by atoms with van der Waals surface area (Å²) in [5.41, 5.74) is 3.39. The van der Waals surface area contributed by atoms with Crippen molar-refractivity contribution in [2.45, 2.75) is 6.92 Å². The minimum absolute atomic E-state index is 0.0525. The predicted molar refractivity (Wildman–Crippen MR) is 110 cm³/mol. The van der Waals surface area contributed by atoms with Gasteiger partial charge in [0.25, 0.3) is 5.91 Å². The van der Waals surface area contributed by atoms with Crippen LogP contribution in [0.3, 0.4) is 0 Å². The summed E-state index contributed by atoms with van der Waals surface area (Å²) in [6.45, 7) is 1.19. The Bertz CT molecular complexity index is 1060. The zero-order valence-corrected chi connectivity index (χ0v) is 16.3. The fraction of sp³-hybridized carbons (Fsp3) is 0.136. The predicted octanol–water partition coefficient (Wildman–Crippen LogP) is 6.04. The molecule has 0 unspecified atom stereocenters. The lowest BCUT2D eigenvalue weighted by Gasteiger charge is -2.13. The summed E-state index contributed by atoms with van der Waals surface area (Å²) in [4.78, 5) is 12.1. The summed E-state index contributed by atoms with van der Waals surface area (Å²) in [5.74, 6) is -1.74. The van der Waals surface area contributed by atoms with Gasteiger partial charge in [-0.15, -0.1) is 0 Å². The molecule has 0 bridgehead atoms. The van der Waals surface area contributed by atoms with Gasteiger partial charge in [-0.05, 0) is 54.4 Å². The van der Waals surface area contributed by atoms with Crippen LogP contribution in [-0.2, 0) is 0 Å². The fourth-order valence-corrected chi connectivity index (χ4v) is 3.16. The Hall–Kier alpha value is -2.99. The molecule has 0 radical (unpaired) electrons. The third-order valence-corrected chi connectivity index (χ3v) is 4.66. The number of rotatable bonds is 6. The number of hydrogen-bond acceptors (Lipinski definition) is 2. The normalized spacial score (nSPS) is 10.7. The molecule has 0 aromatic heterocycles. The summed E-state index contributed by atoms with van der Waals surface area (Å²) >= 11 is 6.44. The third-order valence-electron chi connectivity index (χ3n) is 4.35. The second-order valence-corrected chi connectivity index (χ2v) is 6.83. The smallest absolute Gasteiger partial charge is 0.251 e. The molecule has 29 heavy (non-hydrogen) atoms. The van der Waals surface area contributed by atoms with Crippen LogP contribution in [0.25, 0.3) is 11.1 Å². The quantitative estimate of drug-likeness (QED) is 0.512. The number of amides is 1. The van der Waals surface area contributed by atoms with Gasteiger partial charge in [-0.3, -0.25) is 4.79 Å². The van der Waals surface area contributed by atoms with Crippen LogP contribution in [0.1, 0.15) is 15.9 Å². The average Bonchev–Trinajstić information content (AvgIpc) is 2.69. The molecular weight excluding hydrogens is 401 g/mol. The monoisotopic (exact) mass is 418 g/mol. The van der Waals surface area contributed by atoms with Gasteiger partial charge in [0.2, 0.25) is 0 Å². The maximum atomic E-state index is 13.8. The largest absolute Gasteiger partial charge is 0.353 e. The van der Waals surface area contributed by atoms with Crippen LogP contribution >= 0.6 is 11.6 Å². The number of carbonyl (C=O) groups is 1. The first-order valence-electron chi connectivity index (χ1n) is 8.86. The highest BCUT2D eigenvalue weighted by Crippen LogP contribution is 2.34. The van der Waals surface area contributed by atoms with Crippen LogP contribution in [-0.4, -0.2) is 19.1 Å². The van der Waals surface area contributed by atoms with Crippen LogP contribution in [0.5, 0.6) is 0 Å². The van der Waals surface area contributed by atoms with Gasteiger partial charge in [0.15, 0.2) is 0 Å². The van der Waals surface area contributed by atoms with E-state index in [1.165, 1.54) is 6.07 Å². The summed E-state index contributed by atoms with van der Waals surface area (Å²) < 4.78 is 39.2. The molecule has 3 nitrogen and oxygen atoms in total. The Morgan fingerprint density at radius 2 is 1.79 bits per heavy atom. The number of aryl methyl sites for hydroxylation is 1. The average molecular weight is 419 g/mol. The number of benzene rings is 3. The second kappa shape index (κ2) is 9.01. The molecule has 3 rings (SSSR count). The maximum absolute atomic E-state index is 13.8. The highest BCUT2D eigenvalue weighted by Gasteiger charge is 2.13. The molecule has 0 aliphatic carbocycles. The molecular formula is C22H18ClF3N2O. The van der Waals surface area contributed by atoms with Crippen LogP contribution in [0.4, 0.5) is 24.5 Å². The first-order chi connectivity index (χ1) is 13.9. The molecule has 0 saturated carbocycles. The molecule has 7 heteroatoms. The van der Waals surface area contributed by atoms with Crippen molar-refractivity contribution >= 4 is 28.9 Å². The number of anilines is 2. The van der Waals surface area contributed by atoms with Crippen LogP contribution in [0.2, 0.25) is 5.02 Å². The lowest BCUT2D eigenvalue weighted by molar-refractivity contribution is 0.0951. The van der Waals surface area contributed by atoms with Crippen LogP contribution < -0.4 is 10.6 Å². The molecule has 0 aliphatic heterocycles.